The Morgan fingerprint density at radius 1 is 0.739 bits per heavy atom. The van der Waals surface area contributed by atoms with Crippen LogP contribution >= 0.6 is 0 Å². The Morgan fingerprint density at radius 2 is 1.52 bits per heavy atom. The molecule has 1 heterocycles. The summed E-state index contributed by atoms with van der Waals surface area (Å²) in [5, 5.41) is 2.65. The number of fused-ring (bicyclic) bond motifs is 2. The third-order valence-electron chi connectivity index (χ3n) is 4.38. The van der Waals surface area contributed by atoms with Gasteiger partial charge in [-0.2, -0.15) is 0 Å². The molecule has 1 aromatic heterocycles. The van der Waals surface area contributed by atoms with Crippen molar-refractivity contribution in [2.45, 2.75) is 25.7 Å². The zero-order valence-corrected chi connectivity index (χ0v) is 13.1. The van der Waals surface area contributed by atoms with Crippen LogP contribution in [0, 0.1) is 0 Å². The molecule has 2 nitrogen and oxygen atoms in total. The third-order valence-corrected chi connectivity index (χ3v) is 4.38. The number of imidazole rings is 1. The highest BCUT2D eigenvalue weighted by molar-refractivity contribution is 5.83. The van der Waals surface area contributed by atoms with Crippen molar-refractivity contribution < 1.29 is 0 Å². The largest absolute Gasteiger partial charge is 0.342 e. The summed E-state index contributed by atoms with van der Waals surface area (Å²) >= 11 is 0. The molecule has 4 aromatic rings. The number of rotatable bonds is 5. The molecule has 114 valence electrons. The van der Waals surface area contributed by atoms with E-state index < -0.39 is 0 Å². The Hall–Kier alpha value is -2.61. The lowest BCUT2D eigenvalue weighted by Gasteiger charge is -2.03. The lowest BCUT2D eigenvalue weighted by molar-refractivity contribution is 0.715. The van der Waals surface area contributed by atoms with Crippen LogP contribution in [0.1, 0.15) is 24.2 Å². The monoisotopic (exact) mass is 300 g/mol. The van der Waals surface area contributed by atoms with E-state index in [2.05, 4.69) is 64.6 Å². The molecule has 0 unspecified atom stereocenters. The van der Waals surface area contributed by atoms with E-state index in [0.29, 0.717) is 0 Å². The Kier molecular flexibility index (Phi) is 3.81. The number of nitrogens with zero attached hydrogens (tertiary/aromatic N) is 1. The van der Waals surface area contributed by atoms with Gasteiger partial charge in [0.1, 0.15) is 5.82 Å². The van der Waals surface area contributed by atoms with Crippen LogP contribution < -0.4 is 0 Å². The number of para-hydroxylation sites is 2. The van der Waals surface area contributed by atoms with Gasteiger partial charge in [0.25, 0.3) is 0 Å². The van der Waals surface area contributed by atoms with Gasteiger partial charge in [0.05, 0.1) is 11.0 Å². The van der Waals surface area contributed by atoms with Gasteiger partial charge in [-0.05, 0) is 47.7 Å². The molecule has 0 spiro atoms. The summed E-state index contributed by atoms with van der Waals surface area (Å²) in [4.78, 5) is 8.05. The number of aryl methyl sites for hydroxylation is 2. The molecule has 0 fully saturated rings. The number of aromatic nitrogens is 2. The van der Waals surface area contributed by atoms with E-state index in [1.54, 1.807) is 0 Å². The van der Waals surface area contributed by atoms with Gasteiger partial charge < -0.3 is 4.98 Å². The summed E-state index contributed by atoms with van der Waals surface area (Å²) in [6.07, 6.45) is 4.50. The van der Waals surface area contributed by atoms with Crippen LogP contribution in [-0.2, 0) is 12.8 Å². The number of benzene rings is 3. The van der Waals surface area contributed by atoms with E-state index in [1.807, 2.05) is 12.1 Å². The molecule has 2 heteroatoms. The lowest BCUT2D eigenvalue weighted by atomic mass is 10.0. The molecule has 0 saturated carbocycles. The molecular formula is C21H20N2. The van der Waals surface area contributed by atoms with Crippen LogP contribution in [0.15, 0.2) is 66.7 Å². The van der Waals surface area contributed by atoms with Crippen molar-refractivity contribution in [1.82, 2.24) is 9.97 Å². The fourth-order valence-electron chi connectivity index (χ4n) is 3.14. The minimum Gasteiger partial charge on any atom is -0.342 e. The Bertz CT molecular complexity index is 904. The number of H-pyrrole nitrogens is 1. The van der Waals surface area contributed by atoms with Crippen LogP contribution in [0.25, 0.3) is 21.8 Å². The van der Waals surface area contributed by atoms with Crippen molar-refractivity contribution >= 4 is 21.8 Å². The molecule has 0 saturated heterocycles. The average Bonchev–Trinajstić information content (AvgIpc) is 3.01. The number of aromatic amines is 1. The van der Waals surface area contributed by atoms with E-state index in [1.165, 1.54) is 22.8 Å². The number of hydrogen-bond acceptors (Lipinski definition) is 1. The number of hydrogen-bond donors (Lipinski definition) is 1. The van der Waals surface area contributed by atoms with E-state index in [0.717, 1.165) is 36.1 Å². The van der Waals surface area contributed by atoms with Crippen LogP contribution in [0.5, 0.6) is 0 Å². The Morgan fingerprint density at radius 3 is 2.43 bits per heavy atom. The van der Waals surface area contributed by atoms with Gasteiger partial charge in [-0.1, -0.05) is 54.6 Å². The average molecular weight is 300 g/mol. The SMILES string of the molecule is c1ccc2cc(CCCCc3nc4ccccc4[nH]3)ccc2c1. The lowest BCUT2D eigenvalue weighted by Crippen LogP contribution is -1.91. The fourth-order valence-corrected chi connectivity index (χ4v) is 3.14. The molecular weight excluding hydrogens is 280 g/mol. The van der Waals surface area contributed by atoms with Gasteiger partial charge in [-0.3, -0.25) is 0 Å². The first-order valence-corrected chi connectivity index (χ1v) is 8.30. The molecule has 0 radical (unpaired) electrons. The molecule has 0 aliphatic rings. The van der Waals surface area contributed by atoms with Crippen LogP contribution in [0.2, 0.25) is 0 Å². The minimum absolute atomic E-state index is 1.02. The van der Waals surface area contributed by atoms with Crippen molar-refractivity contribution in [1.29, 1.82) is 0 Å². The van der Waals surface area contributed by atoms with Crippen LogP contribution in [0.4, 0.5) is 0 Å². The van der Waals surface area contributed by atoms with E-state index in [4.69, 9.17) is 0 Å². The third kappa shape index (κ3) is 3.11. The molecule has 0 amide bonds. The predicted octanol–water partition coefficient (Wildman–Crippen LogP) is 5.28. The van der Waals surface area contributed by atoms with Crippen LogP contribution in [-0.4, -0.2) is 9.97 Å². The Labute approximate surface area is 136 Å². The molecule has 0 atom stereocenters. The summed E-state index contributed by atoms with van der Waals surface area (Å²) in [7, 11) is 0. The highest BCUT2D eigenvalue weighted by Gasteiger charge is 2.02. The maximum absolute atomic E-state index is 4.64. The van der Waals surface area contributed by atoms with Gasteiger partial charge in [0.15, 0.2) is 0 Å². The van der Waals surface area contributed by atoms with Crippen LogP contribution in [0.3, 0.4) is 0 Å². The number of nitrogens with one attached hydrogen (secondary N) is 1. The van der Waals surface area contributed by atoms with E-state index in [-0.39, 0.29) is 0 Å². The van der Waals surface area contributed by atoms with Crippen molar-refractivity contribution in [2.75, 3.05) is 0 Å². The second kappa shape index (κ2) is 6.25. The fraction of sp³-hybridized carbons (Fsp3) is 0.190. The Balaban J connectivity index is 1.35. The predicted molar refractivity (Wildman–Crippen MR) is 96.7 cm³/mol. The van der Waals surface area contributed by atoms with Crippen molar-refractivity contribution in [2.24, 2.45) is 0 Å². The maximum atomic E-state index is 4.64. The molecule has 0 aliphatic heterocycles. The standard InChI is InChI=1S/C21H20N2/c1(6-12-21-22-19-10-4-5-11-20(19)23-21)7-16-13-14-17-8-2-3-9-18(17)15-16/h2-5,8-11,13-15H,1,6-7,12H2,(H,22,23). The van der Waals surface area contributed by atoms with Gasteiger partial charge in [0.2, 0.25) is 0 Å². The van der Waals surface area contributed by atoms with Crippen molar-refractivity contribution in [3.05, 3.63) is 78.1 Å². The molecule has 0 bridgehead atoms. The zero-order valence-electron chi connectivity index (χ0n) is 13.1. The van der Waals surface area contributed by atoms with Gasteiger partial charge in [-0.15, -0.1) is 0 Å². The van der Waals surface area contributed by atoms with E-state index >= 15 is 0 Å². The quantitative estimate of drug-likeness (QED) is 0.499. The van der Waals surface area contributed by atoms with Crippen molar-refractivity contribution in [3.8, 4) is 0 Å². The molecule has 0 aliphatic carbocycles. The molecule has 3 aromatic carbocycles. The minimum atomic E-state index is 1.02. The first kappa shape index (κ1) is 14.0. The maximum Gasteiger partial charge on any atom is 0.107 e. The summed E-state index contributed by atoms with van der Waals surface area (Å²) in [6, 6.07) is 23.6. The second-order valence-corrected chi connectivity index (χ2v) is 6.09. The smallest absolute Gasteiger partial charge is 0.107 e. The summed E-state index contributed by atoms with van der Waals surface area (Å²) < 4.78 is 0. The normalized spacial score (nSPS) is 11.3. The van der Waals surface area contributed by atoms with E-state index in [9.17, 15) is 0 Å². The summed E-state index contributed by atoms with van der Waals surface area (Å²) in [5.41, 5.74) is 3.63. The van der Waals surface area contributed by atoms with Gasteiger partial charge in [0, 0.05) is 6.42 Å². The first-order valence-electron chi connectivity index (χ1n) is 8.30. The zero-order chi connectivity index (χ0) is 15.5. The topological polar surface area (TPSA) is 28.7 Å². The molecule has 23 heavy (non-hydrogen) atoms. The highest BCUT2D eigenvalue weighted by atomic mass is 14.9. The number of unbranched alkanes of at least 4 members (excludes halogenated alkanes) is 1. The van der Waals surface area contributed by atoms with Crippen molar-refractivity contribution in [3.63, 3.8) is 0 Å². The van der Waals surface area contributed by atoms with Gasteiger partial charge >= 0.3 is 0 Å². The summed E-state index contributed by atoms with van der Waals surface area (Å²) in [5.74, 6) is 1.10. The highest BCUT2D eigenvalue weighted by Crippen LogP contribution is 2.18. The molecule has 1 N–H and O–H groups in total. The molecule has 4 rings (SSSR count). The van der Waals surface area contributed by atoms with Gasteiger partial charge in [-0.25, -0.2) is 4.98 Å². The summed E-state index contributed by atoms with van der Waals surface area (Å²) in [6.45, 7) is 0. The second-order valence-electron chi connectivity index (χ2n) is 6.09. The first-order chi connectivity index (χ1) is 11.4.